The zero-order valence-electron chi connectivity index (χ0n) is 14.6. The summed E-state index contributed by atoms with van der Waals surface area (Å²) in [6.07, 6.45) is 0.868. The Morgan fingerprint density at radius 3 is 2.76 bits per heavy atom. The molecule has 1 aromatic heterocycles. The maximum absolute atomic E-state index is 12.2. The molecule has 1 atom stereocenters. The van der Waals surface area contributed by atoms with E-state index in [4.69, 9.17) is 13.9 Å². The average molecular weight is 362 g/mol. The summed E-state index contributed by atoms with van der Waals surface area (Å²) in [5.41, 5.74) is 1.83. The van der Waals surface area contributed by atoms with Crippen molar-refractivity contribution in [1.82, 2.24) is 10.3 Å². The van der Waals surface area contributed by atoms with Gasteiger partial charge in [-0.25, -0.2) is 4.98 Å². The summed E-state index contributed by atoms with van der Waals surface area (Å²) in [5, 5.41) is 3.51. The molecule has 134 valence electrons. The highest BCUT2D eigenvalue weighted by molar-refractivity contribution is 7.99. The molecule has 25 heavy (non-hydrogen) atoms. The molecule has 3 rings (SSSR count). The van der Waals surface area contributed by atoms with Gasteiger partial charge in [0.2, 0.25) is 5.91 Å². The summed E-state index contributed by atoms with van der Waals surface area (Å²) in [6, 6.07) is 5.65. The van der Waals surface area contributed by atoms with E-state index >= 15 is 0 Å². The second-order valence-electron chi connectivity index (χ2n) is 5.96. The van der Waals surface area contributed by atoms with E-state index in [-0.39, 0.29) is 17.7 Å². The van der Waals surface area contributed by atoms with Gasteiger partial charge in [-0.1, -0.05) is 17.8 Å². The van der Waals surface area contributed by atoms with Crippen LogP contribution in [-0.4, -0.2) is 29.9 Å². The van der Waals surface area contributed by atoms with Crippen molar-refractivity contribution in [2.24, 2.45) is 0 Å². The molecule has 2 heterocycles. The maximum Gasteiger partial charge on any atom is 0.256 e. The number of hydrogen-bond donors (Lipinski definition) is 1. The van der Waals surface area contributed by atoms with Gasteiger partial charge in [0.15, 0.2) is 11.5 Å². The van der Waals surface area contributed by atoms with Crippen molar-refractivity contribution in [3.63, 3.8) is 0 Å². The van der Waals surface area contributed by atoms with Gasteiger partial charge in [0.05, 0.1) is 30.7 Å². The highest BCUT2D eigenvalue weighted by Crippen LogP contribution is 2.32. The number of fused-ring (bicyclic) bond motifs is 1. The van der Waals surface area contributed by atoms with Crippen molar-refractivity contribution in [2.45, 2.75) is 38.5 Å². The predicted octanol–water partition coefficient (Wildman–Crippen LogP) is 3.42. The van der Waals surface area contributed by atoms with Gasteiger partial charge < -0.3 is 19.2 Å². The molecule has 0 spiro atoms. The Kier molecular flexibility index (Phi) is 5.53. The molecule has 7 heteroatoms. The lowest BCUT2D eigenvalue weighted by molar-refractivity contribution is -0.119. The second-order valence-corrected chi connectivity index (χ2v) is 6.88. The van der Waals surface area contributed by atoms with Crippen LogP contribution in [0, 0.1) is 13.8 Å². The number of carbonyl (C=O) groups is 1. The number of ether oxygens (including phenoxy) is 2. The fraction of sp³-hybridized carbons (Fsp3) is 0.444. The summed E-state index contributed by atoms with van der Waals surface area (Å²) in [6.45, 7) is 6.99. The number of aryl methyl sites for hydroxylation is 2. The Hall–Kier alpha value is -2.15. The number of rotatable bonds is 5. The van der Waals surface area contributed by atoms with Gasteiger partial charge in [0.25, 0.3) is 5.22 Å². The number of aromatic nitrogens is 1. The first-order chi connectivity index (χ1) is 12.0. The number of thioether (sulfide) groups is 1. The van der Waals surface area contributed by atoms with Crippen molar-refractivity contribution in [3.05, 3.63) is 35.2 Å². The van der Waals surface area contributed by atoms with E-state index in [0.717, 1.165) is 34.9 Å². The van der Waals surface area contributed by atoms with Gasteiger partial charge in [0, 0.05) is 6.42 Å². The Morgan fingerprint density at radius 2 is 2.04 bits per heavy atom. The van der Waals surface area contributed by atoms with Gasteiger partial charge in [-0.15, -0.1) is 0 Å². The first-order valence-corrected chi connectivity index (χ1v) is 9.27. The Balaban J connectivity index is 1.56. The van der Waals surface area contributed by atoms with Gasteiger partial charge in [0.1, 0.15) is 5.76 Å². The summed E-state index contributed by atoms with van der Waals surface area (Å²) >= 11 is 1.29. The summed E-state index contributed by atoms with van der Waals surface area (Å²) in [5.74, 6) is 2.46. The van der Waals surface area contributed by atoms with E-state index in [0.29, 0.717) is 18.4 Å². The van der Waals surface area contributed by atoms with Gasteiger partial charge in [-0.2, -0.15) is 0 Å². The van der Waals surface area contributed by atoms with Crippen LogP contribution in [0.3, 0.4) is 0 Å². The van der Waals surface area contributed by atoms with E-state index < -0.39 is 0 Å². The topological polar surface area (TPSA) is 73.6 Å². The molecule has 0 bridgehead atoms. The highest BCUT2D eigenvalue weighted by atomic mass is 32.2. The molecular formula is C18H22N2O4S. The lowest BCUT2D eigenvalue weighted by Crippen LogP contribution is -2.28. The number of nitrogens with one attached hydrogen (secondary N) is 1. The van der Waals surface area contributed by atoms with Gasteiger partial charge >= 0.3 is 0 Å². The van der Waals surface area contributed by atoms with E-state index in [1.54, 1.807) is 0 Å². The predicted molar refractivity (Wildman–Crippen MR) is 95.3 cm³/mol. The smallest absolute Gasteiger partial charge is 0.256 e. The third kappa shape index (κ3) is 4.48. The van der Waals surface area contributed by atoms with Crippen LogP contribution in [0.25, 0.3) is 0 Å². The minimum Gasteiger partial charge on any atom is -0.490 e. The largest absolute Gasteiger partial charge is 0.490 e. The van der Waals surface area contributed by atoms with Crippen molar-refractivity contribution >= 4 is 17.7 Å². The summed E-state index contributed by atoms with van der Waals surface area (Å²) < 4.78 is 16.8. The minimum absolute atomic E-state index is 0.0712. The molecule has 2 aromatic rings. The minimum atomic E-state index is -0.127. The molecule has 1 unspecified atom stereocenters. The molecule has 0 fully saturated rings. The Bertz CT molecular complexity index is 740. The van der Waals surface area contributed by atoms with Crippen LogP contribution in [0.15, 0.2) is 27.8 Å². The SMILES string of the molecule is Cc1nc(SCC(=O)NC(C)c2ccc3c(c2)OCCCO3)oc1C. The molecule has 0 aliphatic carbocycles. The second kappa shape index (κ2) is 7.82. The fourth-order valence-electron chi connectivity index (χ4n) is 2.45. The van der Waals surface area contributed by atoms with Crippen molar-refractivity contribution < 1.29 is 18.7 Å². The molecule has 0 saturated carbocycles. The van der Waals surface area contributed by atoms with Crippen LogP contribution in [-0.2, 0) is 4.79 Å². The molecule has 0 radical (unpaired) electrons. The molecule has 1 N–H and O–H groups in total. The average Bonchev–Trinajstić information content (AvgIpc) is 2.78. The van der Waals surface area contributed by atoms with E-state index in [1.165, 1.54) is 11.8 Å². The third-order valence-electron chi connectivity index (χ3n) is 3.98. The van der Waals surface area contributed by atoms with Crippen LogP contribution in [0.5, 0.6) is 11.5 Å². The van der Waals surface area contributed by atoms with Gasteiger partial charge in [-0.05, 0) is 38.5 Å². The number of hydrogen-bond acceptors (Lipinski definition) is 6. The first kappa shape index (κ1) is 17.7. The molecule has 1 aliphatic rings. The van der Waals surface area contributed by atoms with Crippen LogP contribution in [0.1, 0.15) is 36.4 Å². The first-order valence-electron chi connectivity index (χ1n) is 8.28. The number of amides is 1. The van der Waals surface area contributed by atoms with E-state index in [1.807, 2.05) is 39.0 Å². The molecule has 1 aliphatic heterocycles. The lowest BCUT2D eigenvalue weighted by Gasteiger charge is -2.16. The standard InChI is InChI=1S/C18H22N2O4S/c1-11-13(3)24-18(20-11)25-10-17(21)19-12(2)14-5-6-15-16(9-14)23-8-4-7-22-15/h5-6,9,12H,4,7-8,10H2,1-3H3,(H,19,21). The van der Waals surface area contributed by atoms with Crippen molar-refractivity contribution in [2.75, 3.05) is 19.0 Å². The van der Waals surface area contributed by atoms with E-state index in [2.05, 4.69) is 10.3 Å². The summed E-state index contributed by atoms with van der Waals surface area (Å²) in [4.78, 5) is 16.4. The van der Waals surface area contributed by atoms with Gasteiger partial charge in [-0.3, -0.25) is 4.79 Å². The number of nitrogens with zero attached hydrogens (tertiary/aromatic N) is 1. The molecule has 1 amide bonds. The maximum atomic E-state index is 12.2. The number of oxazole rings is 1. The van der Waals surface area contributed by atoms with Crippen LogP contribution in [0.2, 0.25) is 0 Å². The number of carbonyl (C=O) groups excluding carboxylic acids is 1. The van der Waals surface area contributed by atoms with E-state index in [9.17, 15) is 4.79 Å². The normalized spacial score (nSPS) is 14.7. The van der Waals surface area contributed by atoms with Crippen molar-refractivity contribution in [1.29, 1.82) is 0 Å². The molecule has 0 saturated heterocycles. The lowest BCUT2D eigenvalue weighted by atomic mass is 10.1. The zero-order valence-corrected chi connectivity index (χ0v) is 15.4. The quantitative estimate of drug-likeness (QED) is 0.822. The van der Waals surface area contributed by atoms with Crippen LogP contribution in [0.4, 0.5) is 0 Å². The third-order valence-corrected chi connectivity index (χ3v) is 4.81. The highest BCUT2D eigenvalue weighted by Gasteiger charge is 2.16. The Morgan fingerprint density at radius 1 is 1.28 bits per heavy atom. The molecule has 1 aromatic carbocycles. The molecule has 6 nitrogen and oxygen atoms in total. The van der Waals surface area contributed by atoms with Crippen LogP contribution >= 0.6 is 11.8 Å². The Labute approximate surface area is 151 Å². The summed E-state index contributed by atoms with van der Waals surface area (Å²) in [7, 11) is 0. The monoisotopic (exact) mass is 362 g/mol. The van der Waals surface area contributed by atoms with Crippen molar-refractivity contribution in [3.8, 4) is 11.5 Å². The fourth-order valence-corrected chi connectivity index (χ4v) is 3.17. The molecular weight excluding hydrogens is 340 g/mol. The van der Waals surface area contributed by atoms with Crippen LogP contribution < -0.4 is 14.8 Å². The number of benzene rings is 1. The zero-order chi connectivity index (χ0) is 17.8.